The molecule has 80 valence electrons. The highest BCUT2D eigenvalue weighted by atomic mass is 19.3. The van der Waals surface area contributed by atoms with Gasteiger partial charge in [-0.05, 0) is 5.56 Å². The van der Waals surface area contributed by atoms with Crippen LogP contribution in [0.1, 0.15) is 12.0 Å². The van der Waals surface area contributed by atoms with E-state index in [9.17, 15) is 13.2 Å². The summed E-state index contributed by atoms with van der Waals surface area (Å²) >= 11 is 0. The first kappa shape index (κ1) is 11.5. The third-order valence-corrected chi connectivity index (χ3v) is 1.71. The van der Waals surface area contributed by atoms with Crippen LogP contribution in [0.4, 0.5) is 13.2 Å². The van der Waals surface area contributed by atoms with Gasteiger partial charge in [-0.15, -0.1) is 0 Å². The molecule has 0 aliphatic carbocycles. The van der Waals surface area contributed by atoms with Gasteiger partial charge in [-0.25, -0.2) is 4.39 Å². The van der Waals surface area contributed by atoms with Crippen LogP contribution in [0.2, 0.25) is 0 Å². The number of rotatable bonds is 4. The number of hydrogen-bond donors (Lipinski definition) is 0. The Bertz CT molecular complexity index is 353. The molecule has 0 saturated heterocycles. The molecule has 0 amide bonds. The summed E-state index contributed by atoms with van der Waals surface area (Å²) in [5.74, 6) is -1.39. The third kappa shape index (κ3) is 4.44. The Labute approximate surface area is 86.0 Å². The fourth-order valence-electron chi connectivity index (χ4n) is 0.966. The van der Waals surface area contributed by atoms with E-state index in [0.717, 1.165) is 5.56 Å². The van der Waals surface area contributed by atoms with Crippen molar-refractivity contribution in [3.05, 3.63) is 47.8 Å². The van der Waals surface area contributed by atoms with E-state index in [2.05, 4.69) is 4.99 Å². The Morgan fingerprint density at radius 2 is 1.80 bits per heavy atom. The summed E-state index contributed by atoms with van der Waals surface area (Å²) in [5, 5.41) is 0. The summed E-state index contributed by atoms with van der Waals surface area (Å²) < 4.78 is 35.6. The molecular weight excluding hydrogens is 203 g/mol. The lowest BCUT2D eigenvalue weighted by Gasteiger charge is -1.93. The van der Waals surface area contributed by atoms with E-state index in [4.69, 9.17) is 0 Å². The molecule has 0 atom stereocenters. The van der Waals surface area contributed by atoms with Gasteiger partial charge in [0.2, 0.25) is 0 Å². The van der Waals surface area contributed by atoms with Crippen molar-refractivity contribution < 1.29 is 13.2 Å². The van der Waals surface area contributed by atoms with Gasteiger partial charge in [0.25, 0.3) is 0 Å². The lowest BCUT2D eigenvalue weighted by atomic mass is 10.2. The SMILES string of the molecule is FC(F)=C(F)CC/N=C/c1ccccc1. The predicted octanol–water partition coefficient (Wildman–Crippen LogP) is 3.57. The Kier molecular flexibility index (Phi) is 4.60. The Morgan fingerprint density at radius 1 is 1.13 bits per heavy atom. The Morgan fingerprint density at radius 3 is 2.40 bits per heavy atom. The normalized spacial score (nSPS) is 10.6. The number of aliphatic imine (C=N–C) groups is 1. The summed E-state index contributed by atoms with van der Waals surface area (Å²) in [6.45, 7) is 0.0259. The number of nitrogens with zero attached hydrogens (tertiary/aromatic N) is 1. The third-order valence-electron chi connectivity index (χ3n) is 1.71. The van der Waals surface area contributed by atoms with Crippen LogP contribution >= 0.6 is 0 Å². The highest BCUT2D eigenvalue weighted by molar-refractivity contribution is 5.79. The minimum Gasteiger partial charge on any atom is -0.292 e. The van der Waals surface area contributed by atoms with Crippen LogP contribution in [0.3, 0.4) is 0 Å². The van der Waals surface area contributed by atoms with Crippen LogP contribution in [-0.4, -0.2) is 12.8 Å². The van der Waals surface area contributed by atoms with Gasteiger partial charge >= 0.3 is 6.08 Å². The summed E-state index contributed by atoms with van der Waals surface area (Å²) in [7, 11) is 0. The lowest BCUT2D eigenvalue weighted by Crippen LogP contribution is -1.86. The molecule has 15 heavy (non-hydrogen) atoms. The zero-order valence-electron chi connectivity index (χ0n) is 7.96. The molecule has 0 bridgehead atoms. The van der Waals surface area contributed by atoms with Gasteiger partial charge in [-0.1, -0.05) is 30.3 Å². The minimum atomic E-state index is -2.26. The molecule has 0 aromatic heterocycles. The molecule has 0 spiro atoms. The molecule has 0 fully saturated rings. The predicted molar refractivity (Wildman–Crippen MR) is 53.9 cm³/mol. The maximum absolute atomic E-state index is 12.3. The van der Waals surface area contributed by atoms with Crippen molar-refractivity contribution in [1.29, 1.82) is 0 Å². The van der Waals surface area contributed by atoms with Crippen LogP contribution in [0.5, 0.6) is 0 Å². The fraction of sp³-hybridized carbons (Fsp3) is 0.182. The zero-order valence-corrected chi connectivity index (χ0v) is 7.96. The monoisotopic (exact) mass is 213 g/mol. The molecule has 0 radical (unpaired) electrons. The smallest absolute Gasteiger partial charge is 0.292 e. The highest BCUT2D eigenvalue weighted by Crippen LogP contribution is 2.12. The van der Waals surface area contributed by atoms with Crippen molar-refractivity contribution in [1.82, 2.24) is 0 Å². The molecule has 1 aromatic carbocycles. The van der Waals surface area contributed by atoms with Gasteiger partial charge < -0.3 is 0 Å². The minimum absolute atomic E-state index is 0.0259. The molecule has 0 unspecified atom stereocenters. The van der Waals surface area contributed by atoms with Crippen molar-refractivity contribution in [3.8, 4) is 0 Å². The molecule has 0 aliphatic heterocycles. The highest BCUT2D eigenvalue weighted by Gasteiger charge is 2.02. The average Bonchev–Trinajstić information content (AvgIpc) is 2.25. The first-order chi connectivity index (χ1) is 7.20. The van der Waals surface area contributed by atoms with E-state index in [0.29, 0.717) is 0 Å². The van der Waals surface area contributed by atoms with Crippen molar-refractivity contribution in [2.24, 2.45) is 4.99 Å². The van der Waals surface area contributed by atoms with E-state index in [-0.39, 0.29) is 13.0 Å². The Balaban J connectivity index is 2.39. The van der Waals surface area contributed by atoms with Crippen LogP contribution < -0.4 is 0 Å². The second-order valence-electron chi connectivity index (χ2n) is 2.86. The lowest BCUT2D eigenvalue weighted by molar-refractivity contribution is 0.371. The van der Waals surface area contributed by atoms with Gasteiger partial charge in [0.1, 0.15) is 0 Å². The largest absolute Gasteiger partial charge is 0.301 e. The Hall–Kier alpha value is -1.58. The second-order valence-corrected chi connectivity index (χ2v) is 2.86. The van der Waals surface area contributed by atoms with E-state index >= 15 is 0 Å². The summed E-state index contributed by atoms with van der Waals surface area (Å²) in [5.41, 5.74) is 0.864. The molecule has 0 heterocycles. The molecule has 0 saturated carbocycles. The molecule has 1 aromatic rings. The van der Waals surface area contributed by atoms with Crippen LogP contribution in [0, 0.1) is 0 Å². The fourth-order valence-corrected chi connectivity index (χ4v) is 0.966. The van der Waals surface area contributed by atoms with Crippen molar-refractivity contribution >= 4 is 6.21 Å². The molecule has 1 rings (SSSR count). The number of hydrogen-bond acceptors (Lipinski definition) is 1. The first-order valence-electron chi connectivity index (χ1n) is 4.44. The molecule has 1 nitrogen and oxygen atoms in total. The number of halogens is 3. The van der Waals surface area contributed by atoms with E-state index in [1.54, 1.807) is 0 Å². The molecule has 0 N–H and O–H groups in total. The van der Waals surface area contributed by atoms with Crippen molar-refractivity contribution in [3.63, 3.8) is 0 Å². The van der Waals surface area contributed by atoms with E-state index < -0.39 is 11.9 Å². The molecule has 4 heteroatoms. The number of benzene rings is 1. The first-order valence-corrected chi connectivity index (χ1v) is 4.44. The zero-order chi connectivity index (χ0) is 11.1. The standard InChI is InChI=1S/C11H10F3N/c12-10(11(13)14)6-7-15-8-9-4-2-1-3-5-9/h1-5,8H,6-7H2/b15-8+. The van der Waals surface area contributed by atoms with Crippen molar-refractivity contribution in [2.75, 3.05) is 6.54 Å². The van der Waals surface area contributed by atoms with Gasteiger partial charge in [-0.3, -0.25) is 4.99 Å². The molecule has 0 aliphatic rings. The van der Waals surface area contributed by atoms with Crippen molar-refractivity contribution in [2.45, 2.75) is 6.42 Å². The van der Waals surface area contributed by atoms with Crippen LogP contribution in [0.25, 0.3) is 0 Å². The van der Waals surface area contributed by atoms with Gasteiger partial charge in [0.05, 0.1) is 0 Å². The molecular formula is C11H10F3N. The summed E-state index contributed by atoms with van der Waals surface area (Å²) in [6, 6.07) is 9.18. The van der Waals surface area contributed by atoms with Crippen LogP contribution in [-0.2, 0) is 0 Å². The van der Waals surface area contributed by atoms with E-state index in [1.165, 1.54) is 6.21 Å². The average molecular weight is 213 g/mol. The maximum atomic E-state index is 12.3. The van der Waals surface area contributed by atoms with Gasteiger partial charge in [-0.2, -0.15) is 8.78 Å². The van der Waals surface area contributed by atoms with Gasteiger partial charge in [0.15, 0.2) is 5.83 Å². The van der Waals surface area contributed by atoms with Crippen LogP contribution in [0.15, 0.2) is 47.2 Å². The van der Waals surface area contributed by atoms with Gasteiger partial charge in [0, 0.05) is 19.2 Å². The summed E-state index contributed by atoms with van der Waals surface area (Å²) in [4.78, 5) is 3.83. The topological polar surface area (TPSA) is 12.4 Å². The van der Waals surface area contributed by atoms with E-state index in [1.807, 2.05) is 30.3 Å². The second kappa shape index (κ2) is 6.01. The summed E-state index contributed by atoms with van der Waals surface area (Å²) in [6.07, 6.45) is -1.08. The maximum Gasteiger partial charge on any atom is 0.301 e. The quantitative estimate of drug-likeness (QED) is 0.678.